The number of hydrogen-bond donors (Lipinski definition) is 1. The van der Waals surface area contributed by atoms with E-state index in [1.807, 2.05) is 43.0 Å². The molecule has 1 fully saturated rings. The van der Waals surface area contributed by atoms with Gasteiger partial charge < -0.3 is 14.4 Å². The minimum Gasteiger partial charge on any atom is -0.481 e. The summed E-state index contributed by atoms with van der Waals surface area (Å²) < 4.78 is 5.73. The van der Waals surface area contributed by atoms with Gasteiger partial charge in [-0.15, -0.1) is 0 Å². The Bertz CT molecular complexity index is 616. The Morgan fingerprint density at radius 1 is 1.45 bits per heavy atom. The molecule has 1 saturated heterocycles. The Labute approximate surface area is 117 Å². The largest absolute Gasteiger partial charge is 0.481 e. The highest BCUT2D eigenvalue weighted by Gasteiger charge is 2.48. The van der Waals surface area contributed by atoms with Gasteiger partial charge in [0.2, 0.25) is 0 Å². The van der Waals surface area contributed by atoms with Gasteiger partial charge in [-0.05, 0) is 24.5 Å². The van der Waals surface area contributed by atoms with Crippen molar-refractivity contribution in [3.8, 4) is 0 Å². The summed E-state index contributed by atoms with van der Waals surface area (Å²) in [6, 6.07) is 8.10. The van der Waals surface area contributed by atoms with Crippen LogP contribution in [0.1, 0.15) is 20.3 Å². The van der Waals surface area contributed by atoms with Gasteiger partial charge in [-0.1, -0.05) is 26.0 Å². The highest BCUT2D eigenvalue weighted by molar-refractivity contribution is 5.78. The standard InChI is InChI=1S/C15H18N2O3/c1-10(2)15(13(18)19)7-8-17(9-15)14-16-11-5-3-4-6-12(11)20-14/h3-6,10H,7-9H2,1-2H3,(H,18,19). The maximum atomic E-state index is 11.6. The summed E-state index contributed by atoms with van der Waals surface area (Å²) in [5.74, 6) is -0.652. The normalized spacial score (nSPS) is 22.9. The van der Waals surface area contributed by atoms with Crippen molar-refractivity contribution in [3.63, 3.8) is 0 Å². The van der Waals surface area contributed by atoms with Crippen LogP contribution >= 0.6 is 0 Å². The second kappa shape index (κ2) is 4.51. The molecular weight excluding hydrogens is 256 g/mol. The lowest BCUT2D eigenvalue weighted by molar-refractivity contribution is -0.150. The van der Waals surface area contributed by atoms with Crippen LogP contribution in [0.5, 0.6) is 0 Å². The first-order valence-corrected chi connectivity index (χ1v) is 6.87. The van der Waals surface area contributed by atoms with Gasteiger partial charge in [0, 0.05) is 13.1 Å². The second-order valence-corrected chi connectivity index (χ2v) is 5.75. The van der Waals surface area contributed by atoms with E-state index in [0.717, 1.165) is 11.1 Å². The summed E-state index contributed by atoms with van der Waals surface area (Å²) in [4.78, 5) is 18.0. The van der Waals surface area contributed by atoms with Gasteiger partial charge in [0.15, 0.2) is 5.58 Å². The van der Waals surface area contributed by atoms with Crippen molar-refractivity contribution in [3.05, 3.63) is 24.3 Å². The van der Waals surface area contributed by atoms with Crippen molar-refractivity contribution < 1.29 is 14.3 Å². The average Bonchev–Trinajstić information content (AvgIpc) is 3.03. The Morgan fingerprint density at radius 2 is 2.20 bits per heavy atom. The number of anilines is 1. The third-order valence-corrected chi connectivity index (χ3v) is 4.39. The molecule has 1 aromatic heterocycles. The maximum Gasteiger partial charge on any atom is 0.311 e. The van der Waals surface area contributed by atoms with E-state index < -0.39 is 11.4 Å². The van der Waals surface area contributed by atoms with E-state index in [9.17, 15) is 9.90 Å². The Hall–Kier alpha value is -2.04. The predicted molar refractivity (Wildman–Crippen MR) is 75.7 cm³/mol. The number of nitrogens with zero attached hydrogens (tertiary/aromatic N) is 2. The maximum absolute atomic E-state index is 11.6. The molecule has 3 rings (SSSR count). The molecule has 1 unspecified atom stereocenters. The van der Waals surface area contributed by atoms with Crippen LogP contribution in [0.15, 0.2) is 28.7 Å². The third-order valence-electron chi connectivity index (χ3n) is 4.39. The zero-order valence-corrected chi connectivity index (χ0v) is 11.7. The highest BCUT2D eigenvalue weighted by Crippen LogP contribution is 2.40. The molecule has 1 N–H and O–H groups in total. The molecule has 0 aliphatic carbocycles. The summed E-state index contributed by atoms with van der Waals surface area (Å²) in [5.41, 5.74) is 0.834. The molecule has 5 heteroatoms. The molecule has 20 heavy (non-hydrogen) atoms. The highest BCUT2D eigenvalue weighted by atomic mass is 16.4. The first-order valence-electron chi connectivity index (χ1n) is 6.87. The number of para-hydroxylation sites is 2. The van der Waals surface area contributed by atoms with Gasteiger partial charge in [-0.25, -0.2) is 0 Å². The van der Waals surface area contributed by atoms with E-state index in [2.05, 4.69) is 4.98 Å². The summed E-state index contributed by atoms with van der Waals surface area (Å²) in [6.45, 7) is 5.04. The number of oxazole rings is 1. The van der Waals surface area contributed by atoms with Crippen LogP contribution in [0.4, 0.5) is 6.01 Å². The number of carboxylic acids is 1. The lowest BCUT2D eigenvalue weighted by atomic mass is 9.76. The first kappa shape index (κ1) is 13.0. The van der Waals surface area contributed by atoms with E-state index in [4.69, 9.17) is 4.42 Å². The SMILES string of the molecule is CC(C)C1(C(=O)O)CCN(c2nc3ccccc3o2)C1. The average molecular weight is 274 g/mol. The molecular formula is C15H18N2O3. The second-order valence-electron chi connectivity index (χ2n) is 5.75. The lowest BCUT2D eigenvalue weighted by Gasteiger charge is -2.28. The van der Waals surface area contributed by atoms with Crippen molar-refractivity contribution in [1.82, 2.24) is 4.98 Å². The lowest BCUT2D eigenvalue weighted by Crippen LogP contribution is -2.39. The van der Waals surface area contributed by atoms with Crippen molar-refractivity contribution in [1.29, 1.82) is 0 Å². The van der Waals surface area contributed by atoms with Gasteiger partial charge in [0.05, 0.1) is 5.41 Å². The molecule has 0 bridgehead atoms. The Morgan fingerprint density at radius 3 is 2.80 bits per heavy atom. The monoisotopic (exact) mass is 274 g/mol. The van der Waals surface area contributed by atoms with Gasteiger partial charge >= 0.3 is 5.97 Å². The van der Waals surface area contributed by atoms with E-state index in [1.54, 1.807) is 0 Å². The van der Waals surface area contributed by atoms with Crippen molar-refractivity contribution in [2.45, 2.75) is 20.3 Å². The van der Waals surface area contributed by atoms with Crippen LogP contribution < -0.4 is 4.90 Å². The number of aliphatic carboxylic acids is 1. The van der Waals surface area contributed by atoms with Gasteiger partial charge in [0.25, 0.3) is 6.01 Å². The van der Waals surface area contributed by atoms with Crippen LogP contribution in [-0.4, -0.2) is 29.1 Å². The minimum atomic E-state index is -0.730. The quantitative estimate of drug-likeness (QED) is 0.932. The summed E-state index contributed by atoms with van der Waals surface area (Å²) in [6.07, 6.45) is 0.624. The van der Waals surface area contributed by atoms with Crippen LogP contribution in [0.25, 0.3) is 11.1 Å². The molecule has 106 valence electrons. The van der Waals surface area contributed by atoms with Gasteiger partial charge in [-0.2, -0.15) is 4.98 Å². The predicted octanol–water partition coefficient (Wildman–Crippen LogP) is 2.76. The van der Waals surface area contributed by atoms with Crippen LogP contribution in [0.3, 0.4) is 0 Å². The molecule has 1 aromatic carbocycles. The number of rotatable bonds is 3. The van der Waals surface area contributed by atoms with Crippen molar-refractivity contribution in [2.24, 2.45) is 11.3 Å². The molecule has 0 radical (unpaired) electrons. The number of fused-ring (bicyclic) bond motifs is 1. The minimum absolute atomic E-state index is 0.0781. The number of hydrogen-bond acceptors (Lipinski definition) is 4. The number of benzene rings is 1. The molecule has 0 spiro atoms. The van der Waals surface area contributed by atoms with Gasteiger partial charge in [-0.3, -0.25) is 4.79 Å². The molecule has 5 nitrogen and oxygen atoms in total. The van der Waals surface area contributed by atoms with Gasteiger partial charge in [0.1, 0.15) is 5.52 Å². The summed E-state index contributed by atoms with van der Waals surface area (Å²) in [5, 5.41) is 9.56. The molecule has 2 aromatic rings. The Kier molecular flexibility index (Phi) is 2.92. The zero-order valence-electron chi connectivity index (χ0n) is 11.7. The molecule has 0 saturated carbocycles. The van der Waals surface area contributed by atoms with Crippen LogP contribution in [0.2, 0.25) is 0 Å². The Balaban J connectivity index is 1.91. The smallest absolute Gasteiger partial charge is 0.311 e. The van der Waals surface area contributed by atoms with E-state index >= 15 is 0 Å². The zero-order chi connectivity index (χ0) is 14.3. The summed E-state index contributed by atoms with van der Waals surface area (Å²) in [7, 11) is 0. The van der Waals surface area contributed by atoms with Crippen LogP contribution in [-0.2, 0) is 4.79 Å². The van der Waals surface area contributed by atoms with E-state index in [-0.39, 0.29) is 5.92 Å². The third kappa shape index (κ3) is 1.85. The molecule has 2 heterocycles. The van der Waals surface area contributed by atoms with E-state index in [0.29, 0.717) is 25.5 Å². The number of carboxylic acid groups (broad SMARTS) is 1. The van der Waals surface area contributed by atoms with Crippen molar-refractivity contribution in [2.75, 3.05) is 18.0 Å². The fourth-order valence-electron chi connectivity index (χ4n) is 2.88. The number of aromatic nitrogens is 1. The topological polar surface area (TPSA) is 66.6 Å². The number of carbonyl (C=O) groups is 1. The first-order chi connectivity index (χ1) is 9.53. The summed E-state index contributed by atoms with van der Waals surface area (Å²) >= 11 is 0. The molecule has 0 amide bonds. The fraction of sp³-hybridized carbons (Fsp3) is 0.467. The molecule has 1 aliphatic heterocycles. The van der Waals surface area contributed by atoms with Crippen LogP contribution in [0, 0.1) is 11.3 Å². The molecule has 1 aliphatic rings. The van der Waals surface area contributed by atoms with Crippen molar-refractivity contribution >= 4 is 23.1 Å². The van der Waals surface area contributed by atoms with E-state index in [1.165, 1.54) is 0 Å². The fourth-order valence-corrected chi connectivity index (χ4v) is 2.88. The molecule has 1 atom stereocenters.